The lowest BCUT2D eigenvalue weighted by Crippen LogP contribution is -2.15. The van der Waals surface area contributed by atoms with Crippen LogP contribution in [0.25, 0.3) is 4.96 Å². The van der Waals surface area contributed by atoms with Crippen molar-refractivity contribution in [3.63, 3.8) is 0 Å². The first-order valence-corrected chi connectivity index (χ1v) is 7.22. The molecule has 8 nitrogen and oxygen atoms in total. The van der Waals surface area contributed by atoms with Crippen LogP contribution in [0, 0.1) is 0 Å². The molecule has 0 aliphatic carbocycles. The van der Waals surface area contributed by atoms with E-state index in [0.717, 1.165) is 10.7 Å². The van der Waals surface area contributed by atoms with E-state index in [1.165, 1.54) is 7.11 Å². The molecule has 0 saturated carbocycles. The van der Waals surface area contributed by atoms with E-state index in [9.17, 15) is 4.79 Å². The third kappa shape index (κ3) is 2.52. The molecule has 0 fully saturated rings. The molecule has 0 aliphatic rings. The standard InChI is InChI=1S/C12H14N6O2S/c1-20-11(19)10-9(2-3-13)18(16-15-10)7-8-6-17-4-5-21-12(17)14-8/h4-6H,2-3,7,13H2,1H3. The highest BCUT2D eigenvalue weighted by atomic mass is 32.1. The second-order valence-corrected chi connectivity index (χ2v) is 5.27. The molecular weight excluding hydrogens is 292 g/mol. The summed E-state index contributed by atoms with van der Waals surface area (Å²) < 4.78 is 8.30. The van der Waals surface area contributed by atoms with E-state index in [2.05, 4.69) is 15.3 Å². The Labute approximate surface area is 124 Å². The number of carbonyl (C=O) groups is 1. The molecule has 21 heavy (non-hydrogen) atoms. The lowest BCUT2D eigenvalue weighted by atomic mass is 10.2. The third-order valence-electron chi connectivity index (χ3n) is 3.05. The zero-order valence-corrected chi connectivity index (χ0v) is 12.2. The molecule has 0 unspecified atom stereocenters. The van der Waals surface area contributed by atoms with E-state index in [4.69, 9.17) is 10.5 Å². The third-order valence-corrected chi connectivity index (χ3v) is 3.82. The van der Waals surface area contributed by atoms with Gasteiger partial charge >= 0.3 is 5.97 Å². The number of fused-ring (bicyclic) bond motifs is 1. The highest BCUT2D eigenvalue weighted by molar-refractivity contribution is 7.15. The number of nitrogens with two attached hydrogens (primary N) is 1. The largest absolute Gasteiger partial charge is 0.464 e. The summed E-state index contributed by atoms with van der Waals surface area (Å²) in [5.74, 6) is -0.504. The van der Waals surface area contributed by atoms with Gasteiger partial charge in [-0.25, -0.2) is 14.5 Å². The summed E-state index contributed by atoms with van der Waals surface area (Å²) in [5.41, 5.74) is 7.33. The van der Waals surface area contributed by atoms with Gasteiger partial charge in [-0.05, 0) is 6.54 Å². The Hall–Kier alpha value is -2.26. The first-order valence-electron chi connectivity index (χ1n) is 6.34. The maximum Gasteiger partial charge on any atom is 0.360 e. The van der Waals surface area contributed by atoms with Crippen LogP contribution in [0.5, 0.6) is 0 Å². The Balaban J connectivity index is 1.92. The van der Waals surface area contributed by atoms with Gasteiger partial charge in [0, 0.05) is 24.2 Å². The van der Waals surface area contributed by atoms with Crippen molar-refractivity contribution < 1.29 is 9.53 Å². The van der Waals surface area contributed by atoms with Crippen molar-refractivity contribution in [3.8, 4) is 0 Å². The molecule has 0 aromatic carbocycles. The number of methoxy groups -OCH3 is 1. The van der Waals surface area contributed by atoms with E-state index in [1.807, 2.05) is 22.2 Å². The fourth-order valence-electron chi connectivity index (χ4n) is 2.10. The van der Waals surface area contributed by atoms with Crippen molar-refractivity contribution in [1.82, 2.24) is 24.4 Å². The first-order chi connectivity index (χ1) is 10.2. The SMILES string of the molecule is COC(=O)c1nnn(Cc2cn3ccsc3n2)c1CCN. The minimum absolute atomic E-state index is 0.212. The number of hydrogen-bond acceptors (Lipinski definition) is 7. The Morgan fingerprint density at radius 1 is 1.52 bits per heavy atom. The molecule has 0 spiro atoms. The quantitative estimate of drug-likeness (QED) is 0.682. The number of carbonyl (C=O) groups excluding carboxylic acids is 1. The molecule has 2 N–H and O–H groups in total. The van der Waals surface area contributed by atoms with Crippen molar-refractivity contribution in [1.29, 1.82) is 0 Å². The number of aromatic nitrogens is 5. The van der Waals surface area contributed by atoms with Crippen LogP contribution < -0.4 is 5.73 Å². The van der Waals surface area contributed by atoms with Gasteiger partial charge < -0.3 is 10.5 Å². The molecule has 0 atom stereocenters. The van der Waals surface area contributed by atoms with Gasteiger partial charge in [0.1, 0.15) is 0 Å². The van der Waals surface area contributed by atoms with Crippen LogP contribution in [0.4, 0.5) is 0 Å². The zero-order chi connectivity index (χ0) is 14.8. The Bertz CT molecular complexity index is 745. The molecule has 9 heteroatoms. The maximum atomic E-state index is 11.7. The van der Waals surface area contributed by atoms with E-state index in [-0.39, 0.29) is 5.69 Å². The van der Waals surface area contributed by atoms with Gasteiger partial charge in [0.05, 0.1) is 25.0 Å². The first kappa shape index (κ1) is 13.7. The molecule has 110 valence electrons. The van der Waals surface area contributed by atoms with Crippen molar-refractivity contribution >= 4 is 22.3 Å². The summed E-state index contributed by atoms with van der Waals surface area (Å²) in [6.45, 7) is 0.837. The highest BCUT2D eigenvalue weighted by Gasteiger charge is 2.20. The van der Waals surface area contributed by atoms with E-state index in [0.29, 0.717) is 25.2 Å². The summed E-state index contributed by atoms with van der Waals surface area (Å²) in [5, 5.41) is 9.88. The number of hydrogen-bond donors (Lipinski definition) is 1. The molecule has 0 amide bonds. The van der Waals surface area contributed by atoms with Gasteiger partial charge in [-0.3, -0.25) is 4.40 Å². The van der Waals surface area contributed by atoms with Crippen LogP contribution in [-0.4, -0.2) is 44.0 Å². The topological polar surface area (TPSA) is 100 Å². The smallest absolute Gasteiger partial charge is 0.360 e. The maximum absolute atomic E-state index is 11.7. The summed E-state index contributed by atoms with van der Waals surface area (Å²) in [4.78, 5) is 17.1. The Morgan fingerprint density at radius 2 is 2.38 bits per heavy atom. The number of imidazole rings is 1. The monoisotopic (exact) mass is 306 g/mol. The molecular formula is C12H14N6O2S. The number of nitrogens with zero attached hydrogens (tertiary/aromatic N) is 5. The molecule has 3 aromatic rings. The van der Waals surface area contributed by atoms with Gasteiger partial charge in [0.2, 0.25) is 0 Å². The van der Waals surface area contributed by atoms with Crippen LogP contribution in [0.1, 0.15) is 21.9 Å². The summed E-state index contributed by atoms with van der Waals surface area (Å²) in [6, 6.07) is 0. The lowest BCUT2D eigenvalue weighted by Gasteiger charge is -2.04. The lowest BCUT2D eigenvalue weighted by molar-refractivity contribution is 0.0592. The average Bonchev–Trinajstić information content (AvgIpc) is 3.14. The van der Waals surface area contributed by atoms with Crippen LogP contribution >= 0.6 is 11.3 Å². The summed E-state index contributed by atoms with van der Waals surface area (Å²) >= 11 is 1.56. The number of thiazole rings is 1. The van der Waals surface area contributed by atoms with Crippen molar-refractivity contribution in [2.24, 2.45) is 5.73 Å². The van der Waals surface area contributed by atoms with E-state index >= 15 is 0 Å². The predicted molar refractivity (Wildman–Crippen MR) is 76.3 cm³/mol. The van der Waals surface area contributed by atoms with Crippen molar-refractivity contribution in [2.75, 3.05) is 13.7 Å². The molecule has 3 heterocycles. The van der Waals surface area contributed by atoms with E-state index in [1.54, 1.807) is 16.0 Å². The molecule has 0 saturated heterocycles. The highest BCUT2D eigenvalue weighted by Crippen LogP contribution is 2.14. The molecule has 3 rings (SSSR count). The summed E-state index contributed by atoms with van der Waals surface area (Å²) in [7, 11) is 1.32. The van der Waals surface area contributed by atoms with Crippen molar-refractivity contribution in [2.45, 2.75) is 13.0 Å². The normalized spacial score (nSPS) is 11.1. The van der Waals surface area contributed by atoms with Gasteiger partial charge in [0.15, 0.2) is 10.7 Å². The van der Waals surface area contributed by atoms with Gasteiger partial charge in [-0.15, -0.1) is 16.4 Å². The number of esters is 1. The molecule has 0 radical (unpaired) electrons. The van der Waals surface area contributed by atoms with Crippen molar-refractivity contribution in [3.05, 3.63) is 34.9 Å². The second-order valence-electron chi connectivity index (χ2n) is 4.40. The molecule has 3 aromatic heterocycles. The Kier molecular flexibility index (Phi) is 3.67. The van der Waals surface area contributed by atoms with Crippen LogP contribution in [0.15, 0.2) is 17.8 Å². The minimum atomic E-state index is -0.504. The number of rotatable bonds is 5. The second kappa shape index (κ2) is 5.62. The van der Waals surface area contributed by atoms with Crippen LogP contribution in [-0.2, 0) is 17.7 Å². The molecule has 0 aliphatic heterocycles. The predicted octanol–water partition coefficient (Wildman–Crippen LogP) is 0.323. The fraction of sp³-hybridized carbons (Fsp3) is 0.333. The number of ether oxygens (including phenoxy) is 1. The van der Waals surface area contributed by atoms with Gasteiger partial charge in [-0.1, -0.05) is 5.21 Å². The van der Waals surface area contributed by atoms with Gasteiger partial charge in [-0.2, -0.15) is 0 Å². The van der Waals surface area contributed by atoms with Gasteiger partial charge in [0.25, 0.3) is 0 Å². The minimum Gasteiger partial charge on any atom is -0.464 e. The Morgan fingerprint density at radius 3 is 3.10 bits per heavy atom. The fourth-order valence-corrected chi connectivity index (χ4v) is 2.82. The van der Waals surface area contributed by atoms with Crippen LogP contribution in [0.3, 0.4) is 0 Å². The van der Waals surface area contributed by atoms with E-state index < -0.39 is 5.97 Å². The summed E-state index contributed by atoms with van der Waals surface area (Å²) in [6.07, 6.45) is 4.37. The average molecular weight is 306 g/mol. The zero-order valence-electron chi connectivity index (χ0n) is 11.4. The van der Waals surface area contributed by atoms with Crippen LogP contribution in [0.2, 0.25) is 0 Å². The molecule has 0 bridgehead atoms.